The number of ketones is 2. The molecule has 1 aromatic heterocycles. The summed E-state index contributed by atoms with van der Waals surface area (Å²) in [5.41, 5.74) is 8.89. The average molecular weight is 725 g/mol. The molecule has 215 valence electrons. The molecule has 0 aliphatic heterocycles. The van der Waals surface area contributed by atoms with Crippen LogP contribution >= 0.6 is 0 Å². The topological polar surface area (TPSA) is 67.3 Å². The van der Waals surface area contributed by atoms with E-state index >= 15 is 0 Å². The van der Waals surface area contributed by atoms with Gasteiger partial charge in [0.05, 0.1) is 5.76 Å². The molecule has 0 unspecified atom stereocenters. The summed E-state index contributed by atoms with van der Waals surface area (Å²) in [7, 11) is 0. The Morgan fingerprint density at radius 1 is 0.854 bits per heavy atom. The number of hydrogen-bond donors (Lipinski definition) is 1. The van der Waals surface area contributed by atoms with E-state index < -0.39 is 0 Å². The van der Waals surface area contributed by atoms with Crippen molar-refractivity contribution in [2.75, 3.05) is 0 Å². The predicted molar refractivity (Wildman–Crippen MR) is 164 cm³/mol. The van der Waals surface area contributed by atoms with E-state index in [-0.39, 0.29) is 37.4 Å². The van der Waals surface area contributed by atoms with E-state index in [1.54, 1.807) is 0 Å². The molecule has 4 nitrogen and oxygen atoms in total. The average Bonchev–Trinajstić information content (AvgIpc) is 3.11. The fraction of sp³-hybridized carbons (Fsp3) is 0.306. The SMILES string of the molecule is CC(C)CC(=O)/C=C(\O)CC(C)C.Cc1[c-]c(-c2nccc3cc4c(cc23)C(=O)c2ccc(C)cc2-4)cc(C)c1.[Ir]. The number of aliphatic hydroxyl groups excluding tert-OH is 1. The molecule has 1 aliphatic carbocycles. The van der Waals surface area contributed by atoms with Crippen molar-refractivity contribution < 1.29 is 34.8 Å². The van der Waals surface area contributed by atoms with Crippen molar-refractivity contribution in [3.63, 3.8) is 0 Å². The van der Waals surface area contributed by atoms with Crippen molar-refractivity contribution in [1.29, 1.82) is 0 Å². The van der Waals surface area contributed by atoms with E-state index in [4.69, 9.17) is 0 Å². The summed E-state index contributed by atoms with van der Waals surface area (Å²) in [6.07, 6.45) is 4.30. The third kappa shape index (κ3) is 7.67. The minimum absolute atomic E-state index is 0. The van der Waals surface area contributed by atoms with Gasteiger partial charge < -0.3 is 10.1 Å². The van der Waals surface area contributed by atoms with Crippen LogP contribution in [0.1, 0.15) is 73.1 Å². The zero-order valence-corrected chi connectivity index (χ0v) is 27.3. The summed E-state index contributed by atoms with van der Waals surface area (Å²) in [5.74, 6) is 1.08. The summed E-state index contributed by atoms with van der Waals surface area (Å²) in [4.78, 5) is 28.8. The molecule has 0 saturated heterocycles. The fourth-order valence-corrected chi connectivity index (χ4v) is 5.22. The van der Waals surface area contributed by atoms with Gasteiger partial charge in [-0.2, -0.15) is 0 Å². The molecule has 4 aromatic rings. The Kier molecular flexibility index (Phi) is 10.6. The van der Waals surface area contributed by atoms with Crippen LogP contribution in [-0.4, -0.2) is 21.7 Å². The van der Waals surface area contributed by atoms with Crippen LogP contribution in [0.3, 0.4) is 0 Å². The number of nitrogens with zero attached hydrogens (tertiary/aromatic N) is 1. The molecule has 0 spiro atoms. The third-order valence-electron chi connectivity index (χ3n) is 6.81. The van der Waals surface area contributed by atoms with Crippen LogP contribution in [-0.2, 0) is 24.9 Å². The summed E-state index contributed by atoms with van der Waals surface area (Å²) in [5, 5.41) is 11.4. The number of carbonyl (C=O) groups is 2. The van der Waals surface area contributed by atoms with Crippen LogP contribution in [0.2, 0.25) is 0 Å². The monoisotopic (exact) mass is 725 g/mol. The van der Waals surface area contributed by atoms with Crippen LogP contribution in [0.15, 0.2) is 66.6 Å². The van der Waals surface area contributed by atoms with Gasteiger partial charge in [-0.3, -0.25) is 9.59 Å². The van der Waals surface area contributed by atoms with Gasteiger partial charge >= 0.3 is 0 Å². The quantitative estimate of drug-likeness (QED) is 0.108. The first-order valence-corrected chi connectivity index (χ1v) is 13.9. The molecule has 1 radical (unpaired) electrons. The largest absolute Gasteiger partial charge is 0.512 e. The zero-order chi connectivity index (χ0) is 29.1. The van der Waals surface area contributed by atoms with Gasteiger partial charge in [-0.05, 0) is 64.6 Å². The Hall–Kier alpha value is -3.40. The molecule has 0 fully saturated rings. The maximum absolute atomic E-state index is 13.0. The number of benzene rings is 3. The first kappa shape index (κ1) is 32.1. The van der Waals surface area contributed by atoms with Crippen molar-refractivity contribution in [1.82, 2.24) is 4.98 Å². The van der Waals surface area contributed by atoms with Gasteiger partial charge in [-0.1, -0.05) is 65.3 Å². The maximum atomic E-state index is 13.0. The van der Waals surface area contributed by atoms with Gasteiger partial charge in [0.15, 0.2) is 11.6 Å². The standard InChI is InChI=1S/C25H18NO.C11H20O2.Ir/c1-14-4-5-19-21(11-14)22-12-17-6-7-26-24(20(17)13-23(22)25(19)27)18-9-15(2)8-16(3)10-18;1-8(2)5-10(12)7-11(13)6-9(3)4;/h4-9,11-13H,1-3H3;7-9,12H,5-6H2,1-4H3;/q-1;;/b;10-7-;. The Bertz CT molecular complexity index is 1610. The van der Waals surface area contributed by atoms with Gasteiger partial charge in [-0.15, -0.1) is 34.9 Å². The number of carbonyl (C=O) groups excluding carboxylic acids is 2. The molecule has 0 amide bonds. The van der Waals surface area contributed by atoms with Crippen molar-refractivity contribution >= 4 is 22.3 Å². The Morgan fingerprint density at radius 2 is 1.54 bits per heavy atom. The van der Waals surface area contributed by atoms with Crippen LogP contribution in [0, 0.1) is 38.7 Å². The van der Waals surface area contributed by atoms with Gasteiger partial charge in [0.2, 0.25) is 0 Å². The Balaban J connectivity index is 0.000000284. The molecular formula is C36H38IrNO3-. The van der Waals surface area contributed by atoms with E-state index in [1.165, 1.54) is 11.6 Å². The van der Waals surface area contributed by atoms with Crippen molar-refractivity contribution in [3.8, 4) is 22.4 Å². The molecule has 5 rings (SSSR count). The Morgan fingerprint density at radius 3 is 2.20 bits per heavy atom. The van der Waals surface area contributed by atoms with Gasteiger partial charge in [-0.25, -0.2) is 0 Å². The number of allylic oxidation sites excluding steroid dienone is 2. The number of rotatable bonds is 6. The molecule has 3 aromatic carbocycles. The van der Waals surface area contributed by atoms with E-state index in [1.807, 2.05) is 65.1 Å². The van der Waals surface area contributed by atoms with Crippen molar-refractivity contribution in [2.24, 2.45) is 11.8 Å². The van der Waals surface area contributed by atoms with Crippen molar-refractivity contribution in [2.45, 2.75) is 61.3 Å². The molecule has 0 saturated carbocycles. The smallest absolute Gasteiger partial charge is 0.194 e. The van der Waals surface area contributed by atoms with Crippen LogP contribution in [0.4, 0.5) is 0 Å². The number of aromatic nitrogens is 1. The summed E-state index contributed by atoms with van der Waals surface area (Å²) >= 11 is 0. The second-order valence-corrected chi connectivity index (χ2v) is 11.7. The molecule has 5 heteroatoms. The number of aryl methyl sites for hydroxylation is 3. The van der Waals surface area contributed by atoms with Crippen LogP contribution in [0.25, 0.3) is 33.2 Å². The fourth-order valence-electron chi connectivity index (χ4n) is 5.22. The van der Waals surface area contributed by atoms with Crippen LogP contribution < -0.4 is 0 Å². The normalized spacial score (nSPS) is 12.1. The predicted octanol–water partition coefficient (Wildman–Crippen LogP) is 8.93. The second kappa shape index (κ2) is 13.5. The summed E-state index contributed by atoms with van der Waals surface area (Å²) < 4.78 is 0. The molecule has 0 bridgehead atoms. The number of hydrogen-bond acceptors (Lipinski definition) is 4. The van der Waals surface area contributed by atoms with Crippen LogP contribution in [0.5, 0.6) is 0 Å². The Labute approximate surface area is 257 Å². The second-order valence-electron chi connectivity index (χ2n) is 11.7. The van der Waals surface area contributed by atoms with E-state index in [0.717, 1.165) is 55.4 Å². The number of fused-ring (bicyclic) bond motifs is 4. The number of aliphatic hydroxyl groups is 1. The zero-order valence-electron chi connectivity index (χ0n) is 24.9. The van der Waals surface area contributed by atoms with E-state index in [0.29, 0.717) is 24.7 Å². The molecule has 1 aliphatic rings. The molecule has 1 heterocycles. The number of pyridine rings is 1. The van der Waals surface area contributed by atoms with Gasteiger partial charge in [0, 0.05) is 56.3 Å². The molecule has 41 heavy (non-hydrogen) atoms. The minimum atomic E-state index is 0. The van der Waals surface area contributed by atoms with E-state index in [2.05, 4.69) is 49.2 Å². The molecule has 1 N–H and O–H groups in total. The first-order valence-electron chi connectivity index (χ1n) is 13.9. The minimum Gasteiger partial charge on any atom is -0.512 e. The van der Waals surface area contributed by atoms with Gasteiger partial charge in [0.25, 0.3) is 0 Å². The summed E-state index contributed by atoms with van der Waals surface area (Å²) in [6, 6.07) is 19.8. The molecule has 0 atom stereocenters. The van der Waals surface area contributed by atoms with Crippen molar-refractivity contribution in [3.05, 3.63) is 100 Å². The molecular weight excluding hydrogens is 687 g/mol. The van der Waals surface area contributed by atoms with E-state index in [9.17, 15) is 14.7 Å². The summed E-state index contributed by atoms with van der Waals surface area (Å²) in [6.45, 7) is 14.2. The maximum Gasteiger partial charge on any atom is 0.194 e. The van der Waals surface area contributed by atoms with Gasteiger partial charge in [0.1, 0.15) is 0 Å². The third-order valence-corrected chi connectivity index (χ3v) is 6.81. The first-order chi connectivity index (χ1) is 18.9.